The molecule has 1 unspecified atom stereocenters. The van der Waals surface area contributed by atoms with Crippen LogP contribution in [0.5, 0.6) is 17.2 Å². The molecule has 4 N–H and O–H groups in total. The summed E-state index contributed by atoms with van der Waals surface area (Å²) in [5.41, 5.74) is 5.26. The second-order valence-corrected chi connectivity index (χ2v) is 5.81. The molecule has 0 fully saturated rings. The molecule has 138 valence electrons. The number of carbonyl (C=O) groups is 2. The van der Waals surface area contributed by atoms with Crippen LogP contribution < -0.4 is 10.5 Å². The molecule has 0 aliphatic carbocycles. The number of hydrogen-bond acceptors (Lipinski definition) is 6. The van der Waals surface area contributed by atoms with Crippen molar-refractivity contribution in [3.05, 3.63) is 59.7 Å². The van der Waals surface area contributed by atoms with Crippen molar-refractivity contribution < 1.29 is 28.9 Å². The second-order valence-electron chi connectivity index (χ2n) is 5.81. The predicted molar refractivity (Wildman–Crippen MR) is 94.6 cm³/mol. The van der Waals surface area contributed by atoms with Gasteiger partial charge in [-0.2, -0.15) is 0 Å². The summed E-state index contributed by atoms with van der Waals surface area (Å²) in [5.74, 6) is -2.71. The van der Waals surface area contributed by atoms with E-state index >= 15 is 0 Å². The van der Waals surface area contributed by atoms with E-state index < -0.39 is 35.1 Å². The minimum absolute atomic E-state index is 0.253. The number of nitrogens with two attached hydrogens (primary N) is 1. The molecule has 0 radical (unpaired) electrons. The van der Waals surface area contributed by atoms with Gasteiger partial charge in [-0.05, 0) is 37.3 Å². The molecule has 0 spiro atoms. The largest absolute Gasteiger partial charge is 0.505 e. The molecule has 0 bridgehead atoms. The fourth-order valence-electron chi connectivity index (χ4n) is 2.65. The lowest BCUT2D eigenvalue weighted by Gasteiger charge is -2.14. The number of halogens is 1. The highest BCUT2D eigenvalue weighted by Gasteiger charge is 2.28. The van der Waals surface area contributed by atoms with E-state index in [-0.39, 0.29) is 5.39 Å². The lowest BCUT2D eigenvalue weighted by molar-refractivity contribution is -0.137. The first-order valence-corrected chi connectivity index (χ1v) is 7.88. The topological polar surface area (TPSA) is 123 Å². The number of benzene rings is 2. The number of nitrogens with zero attached hydrogens (tertiary/aromatic N) is 1. The molecule has 1 aromatic heterocycles. The number of rotatable bonds is 5. The summed E-state index contributed by atoms with van der Waals surface area (Å²) in [6.07, 6.45) is 0. The van der Waals surface area contributed by atoms with Gasteiger partial charge in [0, 0.05) is 16.5 Å². The SMILES string of the molecule is Cc1nc(C(=O)C(N)C(=O)O)c(O)c2cccc(Oc3ccc(F)cc3)c12. The van der Waals surface area contributed by atoms with Gasteiger partial charge in [-0.15, -0.1) is 0 Å². The van der Waals surface area contributed by atoms with E-state index in [9.17, 15) is 19.1 Å². The standard InChI is InChI=1S/C19H15FN2O5/c1-9-14-12(17(23)16(22-9)18(24)15(21)19(25)26)3-2-4-13(14)27-11-7-5-10(20)6-8-11/h2-8,15,23H,21H2,1H3,(H,25,26). The summed E-state index contributed by atoms with van der Waals surface area (Å²) in [6, 6.07) is 8.30. The molecule has 0 saturated carbocycles. The van der Waals surface area contributed by atoms with Crippen LogP contribution in [0.1, 0.15) is 16.2 Å². The number of aromatic nitrogens is 1. The fraction of sp³-hybridized carbons (Fsp3) is 0.105. The van der Waals surface area contributed by atoms with E-state index in [1.807, 2.05) is 0 Å². The van der Waals surface area contributed by atoms with Crippen LogP contribution in [-0.2, 0) is 4.79 Å². The van der Waals surface area contributed by atoms with Crippen LogP contribution in [0, 0.1) is 12.7 Å². The molecule has 1 atom stereocenters. The molecule has 1 heterocycles. The van der Waals surface area contributed by atoms with E-state index in [0.29, 0.717) is 22.6 Å². The van der Waals surface area contributed by atoms with E-state index in [4.69, 9.17) is 15.6 Å². The molecule has 0 amide bonds. The van der Waals surface area contributed by atoms with E-state index in [1.165, 1.54) is 24.3 Å². The van der Waals surface area contributed by atoms with Crippen LogP contribution in [0.15, 0.2) is 42.5 Å². The normalized spacial score (nSPS) is 12.0. The van der Waals surface area contributed by atoms with Gasteiger partial charge in [-0.1, -0.05) is 12.1 Å². The third-order valence-corrected chi connectivity index (χ3v) is 3.97. The number of ketones is 1. The van der Waals surface area contributed by atoms with Gasteiger partial charge in [0.2, 0.25) is 5.78 Å². The van der Waals surface area contributed by atoms with Gasteiger partial charge < -0.3 is 20.7 Å². The molecule has 0 aliphatic rings. The summed E-state index contributed by atoms with van der Waals surface area (Å²) in [7, 11) is 0. The first-order chi connectivity index (χ1) is 12.8. The zero-order valence-electron chi connectivity index (χ0n) is 14.1. The average Bonchev–Trinajstić information content (AvgIpc) is 2.65. The third-order valence-electron chi connectivity index (χ3n) is 3.97. The molecule has 27 heavy (non-hydrogen) atoms. The number of aliphatic carboxylic acids is 1. The molecule has 3 rings (SSSR count). The van der Waals surface area contributed by atoms with Gasteiger partial charge in [-0.3, -0.25) is 9.59 Å². The number of aromatic hydroxyl groups is 1. The number of carboxylic acids is 1. The van der Waals surface area contributed by atoms with Gasteiger partial charge in [-0.25, -0.2) is 9.37 Å². The molecule has 7 nitrogen and oxygen atoms in total. The summed E-state index contributed by atoms with van der Waals surface area (Å²) in [6.45, 7) is 1.59. The molecular weight excluding hydrogens is 355 g/mol. The number of Topliss-reactive ketones (excluding diaryl/α,β-unsaturated/α-hetero) is 1. The number of hydrogen-bond donors (Lipinski definition) is 3. The molecular formula is C19H15FN2O5. The van der Waals surface area contributed by atoms with Crippen molar-refractivity contribution in [2.24, 2.45) is 5.73 Å². The highest BCUT2D eigenvalue weighted by Crippen LogP contribution is 2.37. The first-order valence-electron chi connectivity index (χ1n) is 7.88. The number of ether oxygens (including phenoxy) is 1. The van der Waals surface area contributed by atoms with Crippen molar-refractivity contribution in [3.63, 3.8) is 0 Å². The van der Waals surface area contributed by atoms with Gasteiger partial charge >= 0.3 is 5.97 Å². The van der Waals surface area contributed by atoms with E-state index in [0.717, 1.165) is 0 Å². The maximum absolute atomic E-state index is 13.1. The minimum atomic E-state index is -1.83. The first kappa shape index (κ1) is 18.3. The number of aryl methyl sites for hydroxylation is 1. The Morgan fingerprint density at radius 2 is 1.85 bits per heavy atom. The number of fused-ring (bicyclic) bond motifs is 1. The maximum atomic E-state index is 13.1. The Labute approximate surface area is 152 Å². The van der Waals surface area contributed by atoms with Gasteiger partial charge in [0.15, 0.2) is 17.5 Å². The second kappa shape index (κ2) is 7.00. The third kappa shape index (κ3) is 3.42. The molecule has 0 aliphatic heterocycles. The lowest BCUT2D eigenvalue weighted by Crippen LogP contribution is -2.39. The fourth-order valence-corrected chi connectivity index (χ4v) is 2.65. The number of pyridine rings is 1. The Morgan fingerprint density at radius 1 is 1.19 bits per heavy atom. The number of carboxylic acid groups (broad SMARTS) is 1. The van der Waals surface area contributed by atoms with Crippen molar-refractivity contribution in [1.29, 1.82) is 0 Å². The zero-order valence-corrected chi connectivity index (χ0v) is 14.1. The monoisotopic (exact) mass is 370 g/mol. The average molecular weight is 370 g/mol. The van der Waals surface area contributed by atoms with Crippen LogP contribution in [0.25, 0.3) is 10.8 Å². The van der Waals surface area contributed by atoms with Crippen LogP contribution in [-0.4, -0.2) is 33.0 Å². The Hall–Kier alpha value is -3.52. The Kier molecular flexibility index (Phi) is 4.74. The molecule has 8 heteroatoms. The molecule has 0 saturated heterocycles. The zero-order chi connectivity index (χ0) is 19.7. The minimum Gasteiger partial charge on any atom is -0.505 e. The highest BCUT2D eigenvalue weighted by molar-refractivity contribution is 6.14. The Bertz CT molecular complexity index is 1050. The van der Waals surface area contributed by atoms with Crippen molar-refractivity contribution >= 4 is 22.5 Å². The predicted octanol–water partition coefficient (Wildman–Crippen LogP) is 2.77. The van der Waals surface area contributed by atoms with Gasteiger partial charge in [0.1, 0.15) is 17.3 Å². The van der Waals surface area contributed by atoms with Crippen LogP contribution in [0.2, 0.25) is 0 Å². The van der Waals surface area contributed by atoms with Gasteiger partial charge in [0.05, 0.1) is 0 Å². The summed E-state index contributed by atoms with van der Waals surface area (Å²) in [4.78, 5) is 27.2. The van der Waals surface area contributed by atoms with E-state index in [2.05, 4.69) is 4.98 Å². The van der Waals surface area contributed by atoms with Crippen molar-refractivity contribution in [3.8, 4) is 17.2 Å². The van der Waals surface area contributed by atoms with Crippen molar-refractivity contribution in [2.45, 2.75) is 13.0 Å². The Morgan fingerprint density at radius 3 is 2.48 bits per heavy atom. The molecule has 3 aromatic rings. The van der Waals surface area contributed by atoms with E-state index in [1.54, 1.807) is 25.1 Å². The highest BCUT2D eigenvalue weighted by atomic mass is 19.1. The van der Waals surface area contributed by atoms with Crippen molar-refractivity contribution in [2.75, 3.05) is 0 Å². The van der Waals surface area contributed by atoms with Crippen LogP contribution in [0.3, 0.4) is 0 Å². The maximum Gasteiger partial charge on any atom is 0.328 e. The van der Waals surface area contributed by atoms with Crippen molar-refractivity contribution in [1.82, 2.24) is 4.98 Å². The van der Waals surface area contributed by atoms with Gasteiger partial charge in [0.25, 0.3) is 0 Å². The van der Waals surface area contributed by atoms with Crippen LogP contribution in [0.4, 0.5) is 4.39 Å². The smallest absolute Gasteiger partial charge is 0.328 e. The van der Waals surface area contributed by atoms with Crippen LogP contribution >= 0.6 is 0 Å². The summed E-state index contributed by atoms with van der Waals surface area (Å²) in [5, 5.41) is 20.1. The lowest BCUT2D eigenvalue weighted by atomic mass is 10.0. The quantitative estimate of drug-likeness (QED) is 0.466. The Balaban J connectivity index is 2.12. The summed E-state index contributed by atoms with van der Waals surface area (Å²) < 4.78 is 18.8. The molecule has 2 aromatic carbocycles. The summed E-state index contributed by atoms with van der Waals surface area (Å²) >= 11 is 0. The number of carbonyl (C=O) groups excluding carboxylic acids is 1.